The Hall–Kier alpha value is -3.41. The average Bonchev–Trinajstić information content (AvgIpc) is 3.24. The van der Waals surface area contributed by atoms with E-state index in [9.17, 15) is 14.4 Å². The van der Waals surface area contributed by atoms with Crippen molar-refractivity contribution in [1.29, 1.82) is 0 Å². The van der Waals surface area contributed by atoms with Crippen LogP contribution in [-0.4, -0.2) is 37.2 Å². The minimum atomic E-state index is -0.795. The van der Waals surface area contributed by atoms with Crippen molar-refractivity contribution in [3.63, 3.8) is 0 Å². The first-order valence-electron chi connectivity index (χ1n) is 24.6. The van der Waals surface area contributed by atoms with E-state index in [0.29, 0.717) is 19.3 Å². The first-order chi connectivity index (χ1) is 29.5. The van der Waals surface area contributed by atoms with E-state index in [-0.39, 0.29) is 31.1 Å². The molecule has 1 unspecified atom stereocenters. The van der Waals surface area contributed by atoms with Crippen molar-refractivity contribution in [2.24, 2.45) is 0 Å². The molecule has 6 nitrogen and oxygen atoms in total. The second-order valence-electron chi connectivity index (χ2n) is 16.0. The van der Waals surface area contributed by atoms with Gasteiger partial charge in [0.2, 0.25) is 0 Å². The third kappa shape index (κ3) is 45.7. The smallest absolute Gasteiger partial charge is 0.306 e. The molecule has 0 N–H and O–H groups in total. The summed E-state index contributed by atoms with van der Waals surface area (Å²) < 4.78 is 16.7. The van der Waals surface area contributed by atoms with Gasteiger partial charge in [-0.3, -0.25) is 14.4 Å². The van der Waals surface area contributed by atoms with Crippen LogP contribution in [0.3, 0.4) is 0 Å². The van der Waals surface area contributed by atoms with Crippen LogP contribution in [0.4, 0.5) is 0 Å². The van der Waals surface area contributed by atoms with Gasteiger partial charge in [-0.25, -0.2) is 0 Å². The summed E-state index contributed by atoms with van der Waals surface area (Å²) in [5.41, 5.74) is 0. The summed E-state index contributed by atoms with van der Waals surface area (Å²) in [4.78, 5) is 37.7. The fourth-order valence-electron chi connectivity index (χ4n) is 6.44. The van der Waals surface area contributed by atoms with Gasteiger partial charge in [-0.05, 0) is 96.3 Å². The van der Waals surface area contributed by atoms with Crippen molar-refractivity contribution in [3.05, 3.63) is 85.1 Å². The maximum Gasteiger partial charge on any atom is 0.306 e. The lowest BCUT2D eigenvalue weighted by Crippen LogP contribution is -2.30. The van der Waals surface area contributed by atoms with Crippen LogP contribution >= 0.6 is 0 Å². The van der Waals surface area contributed by atoms with Crippen LogP contribution in [0, 0.1) is 0 Å². The highest BCUT2D eigenvalue weighted by atomic mass is 16.6. The fourth-order valence-corrected chi connectivity index (χ4v) is 6.44. The highest BCUT2D eigenvalue weighted by molar-refractivity contribution is 5.71. The minimum absolute atomic E-state index is 0.0940. The molecule has 0 aromatic rings. The zero-order valence-electron chi connectivity index (χ0n) is 38.9. The van der Waals surface area contributed by atoms with Gasteiger partial charge in [0.05, 0.1) is 0 Å². The maximum absolute atomic E-state index is 12.7. The summed E-state index contributed by atoms with van der Waals surface area (Å²) in [5, 5.41) is 0. The van der Waals surface area contributed by atoms with Gasteiger partial charge in [0.1, 0.15) is 13.2 Å². The zero-order chi connectivity index (χ0) is 43.7. The normalized spacial score (nSPS) is 12.8. The van der Waals surface area contributed by atoms with E-state index in [1.54, 1.807) is 0 Å². The zero-order valence-corrected chi connectivity index (χ0v) is 38.9. The fraction of sp³-hybridized carbons (Fsp3) is 0.685. The molecule has 0 radical (unpaired) electrons. The Balaban J connectivity index is 4.37. The van der Waals surface area contributed by atoms with Gasteiger partial charge in [0, 0.05) is 19.3 Å². The molecule has 0 aliphatic heterocycles. The third-order valence-corrected chi connectivity index (χ3v) is 10.1. The molecule has 0 aliphatic carbocycles. The molecule has 1 atom stereocenters. The largest absolute Gasteiger partial charge is 0.462 e. The van der Waals surface area contributed by atoms with Crippen molar-refractivity contribution < 1.29 is 28.6 Å². The molecule has 0 aliphatic rings. The van der Waals surface area contributed by atoms with Crippen molar-refractivity contribution >= 4 is 17.9 Å². The van der Waals surface area contributed by atoms with E-state index in [1.165, 1.54) is 70.6 Å². The van der Waals surface area contributed by atoms with Crippen molar-refractivity contribution in [2.75, 3.05) is 13.2 Å². The van der Waals surface area contributed by atoms with Crippen molar-refractivity contribution in [2.45, 2.75) is 226 Å². The SMILES string of the molecule is CC/C=C\C/C=C\C/C=C\C/C=C\C/C=C\C/C=C\CCCCC(=O)OCC(COC(=O)CCCCCCCCC)OC(=O)CCCCCCC/C=C\CCCCCCC. The summed E-state index contributed by atoms with van der Waals surface area (Å²) in [6, 6.07) is 0. The van der Waals surface area contributed by atoms with E-state index >= 15 is 0 Å². The van der Waals surface area contributed by atoms with Crippen molar-refractivity contribution in [3.8, 4) is 0 Å². The molecule has 0 heterocycles. The van der Waals surface area contributed by atoms with Gasteiger partial charge in [-0.15, -0.1) is 0 Å². The predicted molar refractivity (Wildman–Crippen MR) is 256 cm³/mol. The molecule has 6 heteroatoms. The number of rotatable bonds is 43. The number of hydrogen-bond donors (Lipinski definition) is 0. The lowest BCUT2D eigenvalue weighted by Gasteiger charge is -2.18. The second-order valence-corrected chi connectivity index (χ2v) is 16.0. The topological polar surface area (TPSA) is 78.9 Å². The van der Waals surface area contributed by atoms with Gasteiger partial charge >= 0.3 is 17.9 Å². The standard InChI is InChI=1S/C54H90O6/c1-4-7-10-13-16-18-20-22-24-25-26-27-28-29-30-32-33-35-38-41-44-47-53(56)59-50-51(49-58-52(55)46-43-40-37-15-12-9-6-3)60-54(57)48-45-42-39-36-34-31-23-21-19-17-14-11-8-5-2/h7,10,16,18,21-24,26-27,29-30,33,35,51H,4-6,8-9,11-15,17,19-20,25,28,31-32,34,36-50H2,1-3H3/b10-7-,18-16-,23-21-,24-22-,27-26-,30-29-,35-33-. The van der Waals surface area contributed by atoms with Crippen LogP contribution in [0.5, 0.6) is 0 Å². The molecule has 0 saturated carbocycles. The van der Waals surface area contributed by atoms with Gasteiger partial charge in [-0.1, -0.05) is 189 Å². The molecule has 0 amide bonds. The first-order valence-corrected chi connectivity index (χ1v) is 24.6. The molecule has 0 bridgehead atoms. The Morgan fingerprint density at radius 3 is 1.07 bits per heavy atom. The van der Waals surface area contributed by atoms with Crippen LogP contribution in [0.1, 0.15) is 220 Å². The Labute approximate surface area is 369 Å². The third-order valence-electron chi connectivity index (χ3n) is 10.1. The number of unbranched alkanes of at least 4 members (excludes halogenated alkanes) is 18. The van der Waals surface area contributed by atoms with Crippen LogP contribution < -0.4 is 0 Å². The molecular formula is C54H90O6. The summed E-state index contributed by atoms with van der Waals surface area (Å²) >= 11 is 0. The van der Waals surface area contributed by atoms with Gasteiger partial charge in [0.25, 0.3) is 0 Å². The molecule has 0 spiro atoms. The second kappa shape index (κ2) is 48.3. The van der Waals surface area contributed by atoms with Gasteiger partial charge < -0.3 is 14.2 Å². The van der Waals surface area contributed by atoms with Gasteiger partial charge in [0.15, 0.2) is 6.10 Å². The summed E-state index contributed by atoms with van der Waals surface area (Å²) in [7, 11) is 0. The van der Waals surface area contributed by atoms with Crippen LogP contribution in [-0.2, 0) is 28.6 Å². The van der Waals surface area contributed by atoms with E-state index in [2.05, 4.69) is 106 Å². The Kier molecular flexibility index (Phi) is 45.5. The Morgan fingerprint density at radius 1 is 0.350 bits per heavy atom. The monoisotopic (exact) mass is 835 g/mol. The van der Waals surface area contributed by atoms with E-state index in [1.807, 2.05) is 0 Å². The van der Waals surface area contributed by atoms with Crippen LogP contribution in [0.15, 0.2) is 85.1 Å². The number of carbonyl (C=O) groups excluding carboxylic acids is 3. The molecule has 0 aromatic heterocycles. The number of ether oxygens (including phenoxy) is 3. The highest BCUT2D eigenvalue weighted by Gasteiger charge is 2.19. The highest BCUT2D eigenvalue weighted by Crippen LogP contribution is 2.13. The Morgan fingerprint density at radius 2 is 0.650 bits per heavy atom. The summed E-state index contributed by atoms with van der Waals surface area (Å²) in [6.45, 7) is 6.41. The average molecular weight is 835 g/mol. The number of carbonyl (C=O) groups is 3. The number of hydrogen-bond acceptors (Lipinski definition) is 6. The lowest BCUT2D eigenvalue weighted by atomic mass is 10.1. The minimum Gasteiger partial charge on any atom is -0.462 e. The van der Waals surface area contributed by atoms with Gasteiger partial charge in [-0.2, -0.15) is 0 Å². The molecule has 0 rings (SSSR count). The van der Waals surface area contributed by atoms with Crippen molar-refractivity contribution in [1.82, 2.24) is 0 Å². The lowest BCUT2D eigenvalue weighted by molar-refractivity contribution is -0.167. The number of esters is 3. The number of allylic oxidation sites excluding steroid dienone is 14. The summed E-state index contributed by atoms with van der Waals surface area (Å²) in [6.07, 6.45) is 61.5. The molecule has 0 fully saturated rings. The van der Waals surface area contributed by atoms with E-state index in [4.69, 9.17) is 14.2 Å². The molecule has 60 heavy (non-hydrogen) atoms. The predicted octanol–water partition coefficient (Wildman–Crippen LogP) is 16.0. The molecular weight excluding hydrogens is 745 g/mol. The summed E-state index contributed by atoms with van der Waals surface area (Å²) in [5.74, 6) is -0.959. The molecule has 0 aromatic carbocycles. The Bertz CT molecular complexity index is 1190. The van der Waals surface area contributed by atoms with E-state index in [0.717, 1.165) is 109 Å². The molecule has 342 valence electrons. The van der Waals surface area contributed by atoms with Crippen LogP contribution in [0.2, 0.25) is 0 Å². The molecule has 0 saturated heterocycles. The van der Waals surface area contributed by atoms with E-state index < -0.39 is 6.10 Å². The quantitative estimate of drug-likeness (QED) is 0.0263. The van der Waals surface area contributed by atoms with Crippen LogP contribution in [0.25, 0.3) is 0 Å². The maximum atomic E-state index is 12.7. The first kappa shape index (κ1) is 56.6.